The summed E-state index contributed by atoms with van der Waals surface area (Å²) in [5.74, 6) is -1.06. The Balaban J connectivity index is 2.54. The predicted molar refractivity (Wildman–Crippen MR) is 54.3 cm³/mol. The third-order valence-electron chi connectivity index (χ3n) is 2.13. The van der Waals surface area contributed by atoms with E-state index in [-0.39, 0.29) is 5.56 Å². The zero-order valence-electron chi connectivity index (χ0n) is 8.11. The summed E-state index contributed by atoms with van der Waals surface area (Å²) in [6, 6.07) is 7.04. The van der Waals surface area contributed by atoms with Gasteiger partial charge in [0, 0.05) is 11.8 Å². The minimum Gasteiger partial charge on any atom is -0.261 e. The van der Waals surface area contributed by atoms with Gasteiger partial charge in [0.2, 0.25) is 0 Å². The van der Waals surface area contributed by atoms with E-state index in [0.29, 0.717) is 11.1 Å². The van der Waals surface area contributed by atoms with E-state index in [1.165, 1.54) is 30.5 Å². The van der Waals surface area contributed by atoms with Crippen molar-refractivity contribution in [2.45, 2.75) is 0 Å². The Labute approximate surface area is 90.8 Å². The Morgan fingerprint density at radius 1 is 1.06 bits per heavy atom. The molecule has 4 heteroatoms. The number of rotatable bonds is 1. The lowest BCUT2D eigenvalue weighted by Gasteiger charge is -2.02. The Morgan fingerprint density at radius 2 is 1.88 bits per heavy atom. The SMILES string of the molecule is N#Cc1cc(-c2cncc(F)c2)ccc1F. The zero-order valence-corrected chi connectivity index (χ0v) is 8.11. The van der Waals surface area contributed by atoms with Crippen LogP contribution in [0.2, 0.25) is 0 Å². The van der Waals surface area contributed by atoms with Gasteiger partial charge in [-0.05, 0) is 23.8 Å². The number of aromatic nitrogens is 1. The van der Waals surface area contributed by atoms with E-state index >= 15 is 0 Å². The summed E-state index contributed by atoms with van der Waals surface area (Å²) in [4.78, 5) is 3.69. The number of benzene rings is 1. The number of halogens is 2. The van der Waals surface area contributed by atoms with Crippen molar-refractivity contribution in [3.8, 4) is 17.2 Å². The highest BCUT2D eigenvalue weighted by Gasteiger charge is 2.05. The van der Waals surface area contributed by atoms with Crippen LogP contribution < -0.4 is 0 Å². The summed E-state index contributed by atoms with van der Waals surface area (Å²) in [6.07, 6.45) is 2.54. The molecule has 2 rings (SSSR count). The fourth-order valence-corrected chi connectivity index (χ4v) is 1.36. The van der Waals surface area contributed by atoms with Crippen LogP contribution in [-0.4, -0.2) is 4.98 Å². The topological polar surface area (TPSA) is 36.7 Å². The Bertz CT molecular complexity index is 573. The Hall–Kier alpha value is -2.28. The van der Waals surface area contributed by atoms with Gasteiger partial charge < -0.3 is 0 Å². The normalized spacial score (nSPS) is 9.81. The van der Waals surface area contributed by atoms with Gasteiger partial charge in [0.15, 0.2) is 0 Å². The van der Waals surface area contributed by atoms with Crippen LogP contribution in [0.15, 0.2) is 36.7 Å². The third-order valence-corrected chi connectivity index (χ3v) is 2.13. The maximum atomic E-state index is 13.1. The molecule has 2 nitrogen and oxygen atoms in total. The van der Waals surface area contributed by atoms with E-state index in [9.17, 15) is 8.78 Å². The maximum absolute atomic E-state index is 13.1. The Morgan fingerprint density at radius 3 is 2.56 bits per heavy atom. The first-order chi connectivity index (χ1) is 7.70. The minimum absolute atomic E-state index is 0.0678. The van der Waals surface area contributed by atoms with Crippen LogP contribution in [0, 0.1) is 23.0 Å². The molecule has 0 N–H and O–H groups in total. The van der Waals surface area contributed by atoms with Crippen LogP contribution in [0.4, 0.5) is 8.78 Å². The minimum atomic E-state index is -0.587. The van der Waals surface area contributed by atoms with E-state index in [4.69, 9.17) is 5.26 Å². The highest BCUT2D eigenvalue weighted by molar-refractivity contribution is 5.64. The molecule has 0 radical (unpaired) electrons. The van der Waals surface area contributed by atoms with Crippen LogP contribution >= 0.6 is 0 Å². The summed E-state index contributed by atoms with van der Waals surface area (Å²) in [5, 5.41) is 8.66. The summed E-state index contributed by atoms with van der Waals surface area (Å²) >= 11 is 0. The first-order valence-corrected chi connectivity index (χ1v) is 4.51. The second kappa shape index (κ2) is 4.07. The lowest BCUT2D eigenvalue weighted by Crippen LogP contribution is -1.87. The number of hydrogen-bond donors (Lipinski definition) is 0. The fourth-order valence-electron chi connectivity index (χ4n) is 1.36. The molecular formula is C12H6F2N2. The van der Waals surface area contributed by atoms with Crippen LogP contribution in [0.1, 0.15) is 5.56 Å². The molecule has 0 aliphatic rings. The van der Waals surface area contributed by atoms with Gasteiger partial charge in [-0.2, -0.15) is 5.26 Å². The molecule has 78 valence electrons. The largest absolute Gasteiger partial charge is 0.261 e. The van der Waals surface area contributed by atoms with Crippen molar-refractivity contribution < 1.29 is 8.78 Å². The molecule has 0 unspecified atom stereocenters. The molecule has 1 heterocycles. The molecule has 0 amide bonds. The van der Waals surface area contributed by atoms with Gasteiger partial charge in [-0.3, -0.25) is 4.98 Å². The van der Waals surface area contributed by atoms with Crippen molar-refractivity contribution >= 4 is 0 Å². The lowest BCUT2D eigenvalue weighted by molar-refractivity contribution is 0.621. The second-order valence-corrected chi connectivity index (χ2v) is 3.20. The number of nitriles is 1. The molecule has 0 spiro atoms. The molecule has 0 fully saturated rings. The van der Waals surface area contributed by atoms with Crippen LogP contribution in [0.25, 0.3) is 11.1 Å². The number of pyridine rings is 1. The van der Waals surface area contributed by atoms with E-state index in [2.05, 4.69) is 4.98 Å². The van der Waals surface area contributed by atoms with Gasteiger partial charge in [0.25, 0.3) is 0 Å². The van der Waals surface area contributed by atoms with Crippen molar-refractivity contribution in [2.75, 3.05) is 0 Å². The average molecular weight is 216 g/mol. The molecule has 1 aromatic heterocycles. The first-order valence-electron chi connectivity index (χ1n) is 4.51. The third kappa shape index (κ3) is 1.89. The van der Waals surface area contributed by atoms with Crippen molar-refractivity contribution in [3.63, 3.8) is 0 Å². The van der Waals surface area contributed by atoms with Gasteiger partial charge in [-0.1, -0.05) is 6.07 Å². The molecular weight excluding hydrogens is 210 g/mol. The van der Waals surface area contributed by atoms with Gasteiger partial charge in [0.1, 0.15) is 17.7 Å². The standard InChI is InChI=1S/C12H6F2N2/c13-11-4-10(6-16-7-11)8-1-2-12(14)9(3-8)5-15/h1-4,6-7H. The quantitative estimate of drug-likeness (QED) is 0.734. The second-order valence-electron chi connectivity index (χ2n) is 3.20. The molecule has 0 saturated carbocycles. The van der Waals surface area contributed by atoms with Gasteiger partial charge in [-0.25, -0.2) is 8.78 Å². The van der Waals surface area contributed by atoms with E-state index in [1.54, 1.807) is 6.07 Å². The van der Waals surface area contributed by atoms with Gasteiger partial charge in [0.05, 0.1) is 11.8 Å². The highest BCUT2D eigenvalue weighted by atomic mass is 19.1. The summed E-state index contributed by atoms with van der Waals surface area (Å²) in [5.41, 5.74) is 1.00. The summed E-state index contributed by atoms with van der Waals surface area (Å²) in [6.45, 7) is 0. The zero-order chi connectivity index (χ0) is 11.5. The monoisotopic (exact) mass is 216 g/mol. The Kier molecular flexibility index (Phi) is 2.61. The maximum Gasteiger partial charge on any atom is 0.142 e. The molecule has 1 aromatic carbocycles. The molecule has 0 aliphatic carbocycles. The van der Waals surface area contributed by atoms with E-state index < -0.39 is 11.6 Å². The van der Waals surface area contributed by atoms with E-state index in [1.807, 2.05) is 0 Å². The van der Waals surface area contributed by atoms with Gasteiger partial charge >= 0.3 is 0 Å². The summed E-state index contributed by atoms with van der Waals surface area (Å²) < 4.78 is 26.0. The summed E-state index contributed by atoms with van der Waals surface area (Å²) in [7, 11) is 0. The molecule has 0 aliphatic heterocycles. The van der Waals surface area contributed by atoms with Crippen molar-refractivity contribution in [3.05, 3.63) is 53.9 Å². The number of nitrogens with zero attached hydrogens (tertiary/aromatic N) is 2. The molecule has 0 saturated heterocycles. The lowest BCUT2D eigenvalue weighted by atomic mass is 10.0. The number of hydrogen-bond acceptors (Lipinski definition) is 2. The van der Waals surface area contributed by atoms with Crippen LogP contribution in [0.5, 0.6) is 0 Å². The highest BCUT2D eigenvalue weighted by Crippen LogP contribution is 2.21. The first kappa shape index (κ1) is 10.2. The van der Waals surface area contributed by atoms with Crippen molar-refractivity contribution in [2.24, 2.45) is 0 Å². The molecule has 2 aromatic rings. The van der Waals surface area contributed by atoms with Crippen molar-refractivity contribution in [1.29, 1.82) is 5.26 Å². The average Bonchev–Trinajstić information content (AvgIpc) is 2.29. The molecule has 0 bridgehead atoms. The van der Waals surface area contributed by atoms with Crippen LogP contribution in [-0.2, 0) is 0 Å². The van der Waals surface area contributed by atoms with Crippen LogP contribution in [0.3, 0.4) is 0 Å². The van der Waals surface area contributed by atoms with Gasteiger partial charge in [-0.15, -0.1) is 0 Å². The molecule has 16 heavy (non-hydrogen) atoms. The smallest absolute Gasteiger partial charge is 0.142 e. The fraction of sp³-hybridized carbons (Fsp3) is 0. The predicted octanol–water partition coefficient (Wildman–Crippen LogP) is 2.90. The molecule has 0 atom stereocenters. The van der Waals surface area contributed by atoms with E-state index in [0.717, 1.165) is 6.20 Å². The van der Waals surface area contributed by atoms with Crippen molar-refractivity contribution in [1.82, 2.24) is 4.98 Å².